The van der Waals surface area contributed by atoms with Crippen LogP contribution in [0.2, 0.25) is 5.02 Å². The highest BCUT2D eigenvalue weighted by Crippen LogP contribution is 2.59. The van der Waals surface area contributed by atoms with Crippen molar-refractivity contribution in [3.05, 3.63) is 86.6 Å². The van der Waals surface area contributed by atoms with Gasteiger partial charge in [0.1, 0.15) is 5.82 Å². The molecule has 0 saturated heterocycles. The first kappa shape index (κ1) is 33.0. The van der Waals surface area contributed by atoms with Crippen molar-refractivity contribution in [3.8, 4) is 5.75 Å². The molecule has 0 spiro atoms. The molecule has 0 bridgehead atoms. The molecule has 0 saturated carbocycles. The molecule has 0 fully saturated rings. The first-order valence-corrected chi connectivity index (χ1v) is 12.2. The fourth-order valence-corrected chi connectivity index (χ4v) is 4.60. The smallest absolute Gasteiger partial charge is 0.457 e. The number of amides is 2. The van der Waals surface area contributed by atoms with Crippen molar-refractivity contribution in [1.82, 2.24) is 0 Å². The van der Waals surface area contributed by atoms with Crippen molar-refractivity contribution in [3.63, 3.8) is 0 Å². The standard InChI is InChI=1S/C25H14BrClF10N2O3/c1-42-19-13(6-4-8-17(19)38-20(40)12-5-2-3-7-16(12)28)21(41)39-18-14(26)9-11(10-15(18)27)22(29,24(32,33)34)23(30,31)25(35,36)37/h2-10H,1H3,(H,38,40)(H,39,41). The van der Waals surface area contributed by atoms with E-state index in [1.807, 2.05) is 0 Å². The van der Waals surface area contributed by atoms with Crippen molar-refractivity contribution in [2.24, 2.45) is 0 Å². The van der Waals surface area contributed by atoms with Gasteiger partial charge >= 0.3 is 23.9 Å². The molecule has 1 unspecified atom stereocenters. The van der Waals surface area contributed by atoms with Gasteiger partial charge in [-0.3, -0.25) is 9.59 Å². The summed E-state index contributed by atoms with van der Waals surface area (Å²) in [6.45, 7) is 0. The van der Waals surface area contributed by atoms with E-state index in [1.54, 1.807) is 0 Å². The van der Waals surface area contributed by atoms with Crippen LogP contribution in [0.25, 0.3) is 0 Å². The van der Waals surface area contributed by atoms with Crippen LogP contribution in [-0.2, 0) is 5.67 Å². The van der Waals surface area contributed by atoms with Gasteiger partial charge in [-0.1, -0.05) is 29.8 Å². The predicted molar refractivity (Wildman–Crippen MR) is 134 cm³/mol. The minimum atomic E-state index is -6.95. The third-order valence-electron chi connectivity index (χ3n) is 5.69. The van der Waals surface area contributed by atoms with Crippen molar-refractivity contribution in [1.29, 1.82) is 0 Å². The van der Waals surface area contributed by atoms with Crippen LogP contribution in [0, 0.1) is 5.82 Å². The first-order valence-electron chi connectivity index (χ1n) is 11.0. The highest BCUT2D eigenvalue weighted by Gasteiger charge is 2.81. The van der Waals surface area contributed by atoms with Crippen molar-refractivity contribution >= 4 is 50.7 Å². The Bertz CT molecular complexity index is 1510. The van der Waals surface area contributed by atoms with E-state index in [0.717, 1.165) is 19.2 Å². The van der Waals surface area contributed by atoms with Gasteiger partial charge in [-0.05, 0) is 52.3 Å². The largest absolute Gasteiger partial charge is 0.494 e. The zero-order valence-electron chi connectivity index (χ0n) is 20.5. The quantitative estimate of drug-likeness (QED) is 0.243. The second-order valence-corrected chi connectivity index (χ2v) is 9.58. The fourth-order valence-electron chi connectivity index (χ4n) is 3.66. The number of alkyl halides is 9. The first-order chi connectivity index (χ1) is 19.3. The highest BCUT2D eigenvalue weighted by molar-refractivity contribution is 9.10. The van der Waals surface area contributed by atoms with E-state index in [4.69, 9.17) is 16.3 Å². The number of nitrogens with one attached hydrogen (secondary N) is 2. The van der Waals surface area contributed by atoms with E-state index in [-0.39, 0.29) is 34.7 Å². The molecule has 0 radical (unpaired) electrons. The Morgan fingerprint density at radius 2 is 1.38 bits per heavy atom. The number of halogens is 12. The van der Waals surface area contributed by atoms with Gasteiger partial charge in [0, 0.05) is 10.0 Å². The average molecular weight is 696 g/mol. The van der Waals surface area contributed by atoms with Gasteiger partial charge in [0.05, 0.1) is 34.6 Å². The van der Waals surface area contributed by atoms with E-state index in [2.05, 4.69) is 26.6 Å². The Balaban J connectivity index is 2.00. The zero-order valence-corrected chi connectivity index (χ0v) is 22.8. The molecule has 3 rings (SSSR count). The number of ether oxygens (including phenoxy) is 1. The third-order valence-corrected chi connectivity index (χ3v) is 6.61. The fraction of sp³-hybridized carbons (Fsp3) is 0.200. The Kier molecular flexibility index (Phi) is 9.13. The van der Waals surface area contributed by atoms with Crippen LogP contribution in [0.15, 0.2) is 59.1 Å². The predicted octanol–water partition coefficient (Wildman–Crippen LogP) is 8.68. The van der Waals surface area contributed by atoms with Gasteiger partial charge in [-0.25, -0.2) is 8.78 Å². The summed E-state index contributed by atoms with van der Waals surface area (Å²) in [6, 6.07) is 8.39. The number of carbonyl (C=O) groups is 2. The second-order valence-electron chi connectivity index (χ2n) is 8.32. The average Bonchev–Trinajstić information content (AvgIpc) is 2.88. The number of methoxy groups -OCH3 is 1. The molecule has 0 heterocycles. The number of anilines is 2. The third kappa shape index (κ3) is 5.86. The molecule has 0 aliphatic carbocycles. The lowest BCUT2D eigenvalue weighted by Crippen LogP contribution is -2.59. The topological polar surface area (TPSA) is 67.4 Å². The van der Waals surface area contributed by atoms with Gasteiger partial charge < -0.3 is 15.4 Å². The molecular formula is C25H14BrClF10N2O3. The van der Waals surface area contributed by atoms with Gasteiger partial charge in [0.15, 0.2) is 5.75 Å². The molecule has 226 valence electrons. The number of para-hydroxylation sites is 1. The number of hydrogen-bond acceptors (Lipinski definition) is 3. The maximum Gasteiger partial charge on any atom is 0.457 e. The molecule has 3 aromatic rings. The molecular weight excluding hydrogens is 682 g/mol. The summed E-state index contributed by atoms with van der Waals surface area (Å²) >= 11 is 8.42. The molecule has 3 aromatic carbocycles. The monoisotopic (exact) mass is 694 g/mol. The van der Waals surface area contributed by atoms with Crippen LogP contribution in [0.5, 0.6) is 5.75 Å². The van der Waals surface area contributed by atoms with E-state index in [0.29, 0.717) is 0 Å². The Morgan fingerprint density at radius 1 is 0.810 bits per heavy atom. The molecule has 1 atom stereocenters. The van der Waals surface area contributed by atoms with E-state index < -0.39 is 62.3 Å². The Hall–Kier alpha value is -3.53. The lowest BCUT2D eigenvalue weighted by molar-refractivity contribution is -0.389. The van der Waals surface area contributed by atoms with E-state index >= 15 is 0 Å². The Labute approximate surface area is 242 Å². The molecule has 0 aliphatic rings. The summed E-state index contributed by atoms with van der Waals surface area (Å²) < 4.78 is 140. The van der Waals surface area contributed by atoms with Crippen molar-refractivity contribution < 1.29 is 58.2 Å². The normalized spacial score (nSPS) is 13.7. The lowest BCUT2D eigenvalue weighted by atomic mass is 9.87. The van der Waals surface area contributed by atoms with Gasteiger partial charge in [0.2, 0.25) is 0 Å². The molecule has 42 heavy (non-hydrogen) atoms. The minimum Gasteiger partial charge on any atom is -0.494 e. The number of rotatable bonds is 7. The van der Waals surface area contributed by atoms with Crippen LogP contribution in [0.4, 0.5) is 55.3 Å². The van der Waals surface area contributed by atoms with Crippen LogP contribution in [-0.4, -0.2) is 37.2 Å². The lowest BCUT2D eigenvalue weighted by Gasteiger charge is -2.36. The summed E-state index contributed by atoms with van der Waals surface area (Å²) in [6.07, 6.45) is -13.7. The number of hydrogen-bond donors (Lipinski definition) is 2. The molecule has 2 N–H and O–H groups in total. The van der Waals surface area contributed by atoms with Crippen LogP contribution in [0.3, 0.4) is 0 Å². The van der Waals surface area contributed by atoms with Crippen molar-refractivity contribution in [2.75, 3.05) is 17.7 Å². The zero-order chi connectivity index (χ0) is 31.8. The van der Waals surface area contributed by atoms with Gasteiger partial charge in [-0.2, -0.15) is 35.1 Å². The Morgan fingerprint density at radius 3 is 1.90 bits per heavy atom. The number of carbonyl (C=O) groups excluding carboxylic acids is 2. The summed E-state index contributed by atoms with van der Waals surface area (Å²) in [7, 11) is 1.08. The van der Waals surface area contributed by atoms with Crippen molar-refractivity contribution in [2.45, 2.75) is 23.9 Å². The van der Waals surface area contributed by atoms with Gasteiger partial charge in [0.25, 0.3) is 11.8 Å². The molecule has 0 aromatic heterocycles. The molecule has 5 nitrogen and oxygen atoms in total. The summed E-state index contributed by atoms with van der Waals surface area (Å²) in [4.78, 5) is 25.5. The van der Waals surface area contributed by atoms with E-state index in [9.17, 15) is 53.5 Å². The summed E-state index contributed by atoms with van der Waals surface area (Å²) in [5.41, 5.74) is -9.96. The van der Waals surface area contributed by atoms with E-state index in [1.165, 1.54) is 30.3 Å². The van der Waals surface area contributed by atoms with Crippen LogP contribution < -0.4 is 15.4 Å². The molecule has 2 amide bonds. The number of benzene rings is 3. The molecule has 0 aliphatic heterocycles. The van der Waals surface area contributed by atoms with Crippen LogP contribution >= 0.6 is 27.5 Å². The SMILES string of the molecule is COc1c(NC(=O)c2ccccc2F)cccc1C(=O)Nc1c(Cl)cc(C(F)(C(F)(F)F)C(F)(F)C(F)(F)F)cc1Br. The molecule has 17 heteroatoms. The maximum absolute atomic E-state index is 14.9. The van der Waals surface area contributed by atoms with Gasteiger partial charge in [-0.15, -0.1) is 0 Å². The second kappa shape index (κ2) is 11.6. The maximum atomic E-state index is 14.9. The summed E-state index contributed by atoms with van der Waals surface area (Å²) in [5, 5.41) is 3.37. The minimum absolute atomic E-state index is 0.0447. The highest BCUT2D eigenvalue weighted by atomic mass is 79.9. The van der Waals surface area contributed by atoms with Crippen LogP contribution in [0.1, 0.15) is 26.3 Å². The summed E-state index contributed by atoms with van der Waals surface area (Å²) in [5.74, 6) is -10.2.